The van der Waals surface area contributed by atoms with Crippen LogP contribution in [0.4, 0.5) is 0 Å². The fourth-order valence-corrected chi connectivity index (χ4v) is 3.12. The molecule has 18 heavy (non-hydrogen) atoms. The third-order valence-corrected chi connectivity index (χ3v) is 4.49. The minimum Gasteiger partial charge on any atom is -0.354 e. The normalized spacial score (nSPS) is 31.7. The average molecular weight is 275 g/mol. The van der Waals surface area contributed by atoms with Crippen LogP contribution in [0.5, 0.6) is 0 Å². The lowest BCUT2D eigenvalue weighted by atomic mass is 9.81. The van der Waals surface area contributed by atoms with Gasteiger partial charge in [-0.05, 0) is 44.1 Å². The standard InChI is InChI=1S/C14H26N2O.ClH/c1-2-11-5-7-12(8-6-11)10-16-14(17)13-4-3-9-15-13;/h11-13,15H,2-10H2,1H3,(H,16,17);1H/t11?,12?,13-;/m0./s1. The van der Waals surface area contributed by atoms with Crippen molar-refractivity contribution in [1.82, 2.24) is 10.6 Å². The molecule has 1 aliphatic heterocycles. The second kappa shape index (κ2) is 8.00. The topological polar surface area (TPSA) is 41.1 Å². The molecular weight excluding hydrogens is 248 g/mol. The van der Waals surface area contributed by atoms with E-state index in [0.29, 0.717) is 0 Å². The summed E-state index contributed by atoms with van der Waals surface area (Å²) in [6.45, 7) is 4.19. The van der Waals surface area contributed by atoms with Crippen molar-refractivity contribution in [3.05, 3.63) is 0 Å². The molecular formula is C14H27ClN2O. The van der Waals surface area contributed by atoms with Gasteiger partial charge in [0.15, 0.2) is 0 Å². The van der Waals surface area contributed by atoms with Crippen LogP contribution in [-0.4, -0.2) is 25.0 Å². The minimum absolute atomic E-state index is 0. The largest absolute Gasteiger partial charge is 0.354 e. The lowest BCUT2D eigenvalue weighted by Crippen LogP contribution is -2.42. The highest BCUT2D eigenvalue weighted by molar-refractivity contribution is 5.85. The van der Waals surface area contributed by atoms with Crippen molar-refractivity contribution in [2.75, 3.05) is 13.1 Å². The number of carbonyl (C=O) groups excluding carboxylic acids is 1. The Kier molecular flexibility index (Phi) is 7.02. The van der Waals surface area contributed by atoms with Gasteiger partial charge in [-0.15, -0.1) is 12.4 Å². The van der Waals surface area contributed by atoms with E-state index in [2.05, 4.69) is 17.6 Å². The molecule has 106 valence electrons. The summed E-state index contributed by atoms with van der Waals surface area (Å²) in [6, 6.07) is 0.0852. The molecule has 1 heterocycles. The second-order valence-corrected chi connectivity index (χ2v) is 5.69. The van der Waals surface area contributed by atoms with E-state index in [1.807, 2.05) is 0 Å². The van der Waals surface area contributed by atoms with Crippen molar-refractivity contribution < 1.29 is 4.79 Å². The van der Waals surface area contributed by atoms with E-state index in [4.69, 9.17) is 0 Å². The predicted octanol–water partition coefficient (Wildman–Crippen LogP) is 2.49. The van der Waals surface area contributed by atoms with Crippen molar-refractivity contribution in [2.24, 2.45) is 11.8 Å². The van der Waals surface area contributed by atoms with E-state index in [-0.39, 0.29) is 24.4 Å². The number of rotatable bonds is 4. The number of hydrogen-bond donors (Lipinski definition) is 2. The van der Waals surface area contributed by atoms with Gasteiger partial charge in [0.05, 0.1) is 6.04 Å². The van der Waals surface area contributed by atoms with Crippen LogP contribution < -0.4 is 10.6 Å². The first kappa shape index (κ1) is 15.8. The van der Waals surface area contributed by atoms with Crippen molar-refractivity contribution in [3.63, 3.8) is 0 Å². The number of nitrogens with one attached hydrogen (secondary N) is 2. The molecule has 3 nitrogen and oxygen atoms in total. The molecule has 2 fully saturated rings. The van der Waals surface area contributed by atoms with E-state index >= 15 is 0 Å². The van der Waals surface area contributed by atoms with Gasteiger partial charge in [0.1, 0.15) is 0 Å². The fourth-order valence-electron chi connectivity index (χ4n) is 3.12. The highest BCUT2D eigenvalue weighted by atomic mass is 35.5. The van der Waals surface area contributed by atoms with E-state index in [9.17, 15) is 4.79 Å². The van der Waals surface area contributed by atoms with E-state index in [0.717, 1.165) is 37.8 Å². The van der Waals surface area contributed by atoms with Gasteiger partial charge in [0.25, 0.3) is 0 Å². The number of carbonyl (C=O) groups is 1. The van der Waals surface area contributed by atoms with Gasteiger partial charge >= 0.3 is 0 Å². The van der Waals surface area contributed by atoms with Crippen molar-refractivity contribution in [3.8, 4) is 0 Å². The molecule has 0 unspecified atom stereocenters. The Hall–Kier alpha value is -0.280. The molecule has 2 N–H and O–H groups in total. The summed E-state index contributed by atoms with van der Waals surface area (Å²) in [5, 5.41) is 6.37. The lowest BCUT2D eigenvalue weighted by Gasteiger charge is -2.28. The quantitative estimate of drug-likeness (QED) is 0.827. The smallest absolute Gasteiger partial charge is 0.237 e. The summed E-state index contributed by atoms with van der Waals surface area (Å²) in [7, 11) is 0. The van der Waals surface area contributed by atoms with Crippen LogP contribution >= 0.6 is 12.4 Å². The second-order valence-electron chi connectivity index (χ2n) is 5.69. The number of amides is 1. The first-order chi connectivity index (χ1) is 8.29. The summed E-state index contributed by atoms with van der Waals surface area (Å²) in [5.41, 5.74) is 0. The van der Waals surface area contributed by atoms with Gasteiger partial charge in [-0.1, -0.05) is 26.2 Å². The van der Waals surface area contributed by atoms with Crippen molar-refractivity contribution in [1.29, 1.82) is 0 Å². The molecule has 1 saturated heterocycles. The zero-order chi connectivity index (χ0) is 12.1. The predicted molar refractivity (Wildman–Crippen MR) is 77.0 cm³/mol. The summed E-state index contributed by atoms with van der Waals surface area (Å²) < 4.78 is 0. The first-order valence-electron chi connectivity index (χ1n) is 7.30. The molecule has 0 bridgehead atoms. The third kappa shape index (κ3) is 4.43. The first-order valence-corrected chi connectivity index (χ1v) is 7.30. The average Bonchev–Trinajstić information content (AvgIpc) is 2.90. The Bertz CT molecular complexity index is 246. The monoisotopic (exact) mass is 274 g/mol. The summed E-state index contributed by atoms with van der Waals surface area (Å²) in [6.07, 6.45) is 8.80. The zero-order valence-corrected chi connectivity index (χ0v) is 12.2. The molecule has 0 aromatic carbocycles. The van der Waals surface area contributed by atoms with Crippen LogP contribution in [0.25, 0.3) is 0 Å². The van der Waals surface area contributed by atoms with Gasteiger partial charge in [0.2, 0.25) is 5.91 Å². The molecule has 4 heteroatoms. The van der Waals surface area contributed by atoms with Crippen molar-refractivity contribution in [2.45, 2.75) is 57.9 Å². The summed E-state index contributed by atoms with van der Waals surface area (Å²) in [4.78, 5) is 11.8. The molecule has 1 amide bonds. The van der Waals surface area contributed by atoms with Crippen LogP contribution in [0.1, 0.15) is 51.9 Å². The van der Waals surface area contributed by atoms with Crippen LogP contribution in [-0.2, 0) is 4.79 Å². The van der Waals surface area contributed by atoms with E-state index in [1.165, 1.54) is 32.1 Å². The Balaban J connectivity index is 0.00000162. The van der Waals surface area contributed by atoms with Crippen LogP contribution in [0.2, 0.25) is 0 Å². The Morgan fingerprint density at radius 1 is 1.17 bits per heavy atom. The molecule has 2 rings (SSSR count). The fraction of sp³-hybridized carbons (Fsp3) is 0.929. The molecule has 0 radical (unpaired) electrons. The highest BCUT2D eigenvalue weighted by Crippen LogP contribution is 2.30. The minimum atomic E-state index is 0. The molecule has 0 aromatic rings. The van der Waals surface area contributed by atoms with E-state index in [1.54, 1.807) is 0 Å². The highest BCUT2D eigenvalue weighted by Gasteiger charge is 2.24. The number of halogens is 1. The zero-order valence-electron chi connectivity index (χ0n) is 11.4. The maximum Gasteiger partial charge on any atom is 0.237 e. The van der Waals surface area contributed by atoms with Crippen molar-refractivity contribution >= 4 is 18.3 Å². The Labute approximate surface area is 117 Å². The summed E-state index contributed by atoms with van der Waals surface area (Å²) in [5.74, 6) is 1.89. The van der Waals surface area contributed by atoms with Crippen LogP contribution in [0.15, 0.2) is 0 Å². The molecule has 1 saturated carbocycles. The third-order valence-electron chi connectivity index (χ3n) is 4.49. The van der Waals surface area contributed by atoms with Gasteiger partial charge in [-0.2, -0.15) is 0 Å². The molecule has 0 aromatic heterocycles. The van der Waals surface area contributed by atoms with Crippen LogP contribution in [0, 0.1) is 11.8 Å². The van der Waals surface area contributed by atoms with Crippen LogP contribution in [0.3, 0.4) is 0 Å². The Morgan fingerprint density at radius 2 is 1.83 bits per heavy atom. The molecule has 1 atom stereocenters. The molecule has 2 aliphatic rings. The number of hydrogen-bond acceptors (Lipinski definition) is 2. The maximum atomic E-state index is 11.8. The lowest BCUT2D eigenvalue weighted by molar-refractivity contribution is -0.123. The SMILES string of the molecule is CCC1CCC(CNC(=O)[C@@H]2CCCN2)CC1.Cl. The van der Waals surface area contributed by atoms with Gasteiger partial charge in [-0.3, -0.25) is 4.79 Å². The molecule has 1 aliphatic carbocycles. The van der Waals surface area contributed by atoms with Gasteiger partial charge < -0.3 is 10.6 Å². The Morgan fingerprint density at radius 3 is 2.39 bits per heavy atom. The maximum absolute atomic E-state index is 11.8. The van der Waals surface area contributed by atoms with Gasteiger partial charge in [0, 0.05) is 6.54 Å². The summed E-state index contributed by atoms with van der Waals surface area (Å²) >= 11 is 0. The van der Waals surface area contributed by atoms with E-state index < -0.39 is 0 Å². The van der Waals surface area contributed by atoms with Gasteiger partial charge in [-0.25, -0.2) is 0 Å². The molecule has 0 spiro atoms.